The number of hydrogen-bond donors (Lipinski definition) is 3. The van der Waals surface area contributed by atoms with Gasteiger partial charge in [-0.2, -0.15) is 0 Å². The number of oxime groups is 1. The zero-order valence-electron chi connectivity index (χ0n) is 11.7. The molecule has 0 spiro atoms. The van der Waals surface area contributed by atoms with E-state index in [1.54, 1.807) is 6.07 Å². The molecule has 4 N–H and O–H groups in total. The van der Waals surface area contributed by atoms with Crippen LogP contribution in [0.2, 0.25) is 0 Å². The van der Waals surface area contributed by atoms with E-state index in [9.17, 15) is 5.11 Å². The Hall–Kier alpha value is -1.86. The van der Waals surface area contributed by atoms with Crippen molar-refractivity contribution in [2.24, 2.45) is 10.9 Å². The topological polar surface area (TPSA) is 104 Å². The van der Waals surface area contributed by atoms with E-state index < -0.39 is 0 Å². The molecule has 7 heteroatoms. The molecule has 20 heavy (non-hydrogen) atoms. The highest BCUT2D eigenvalue weighted by Gasteiger charge is 2.27. The molecule has 2 rings (SSSR count). The maximum absolute atomic E-state index is 9.29. The average Bonchev–Trinajstić information content (AvgIpc) is 2.45. The summed E-state index contributed by atoms with van der Waals surface area (Å²) in [7, 11) is 0. The first-order chi connectivity index (χ1) is 9.55. The number of pyridine rings is 1. The first kappa shape index (κ1) is 14.5. The lowest BCUT2D eigenvalue weighted by Crippen LogP contribution is -2.49. The molecule has 7 nitrogen and oxygen atoms in total. The van der Waals surface area contributed by atoms with Crippen LogP contribution < -0.4 is 10.6 Å². The molecule has 1 saturated heterocycles. The first-order valence-corrected chi connectivity index (χ1v) is 6.52. The summed E-state index contributed by atoms with van der Waals surface area (Å²) in [5, 5.41) is 21.2. The van der Waals surface area contributed by atoms with Gasteiger partial charge in [-0.1, -0.05) is 5.16 Å². The number of nitrogens with two attached hydrogens (primary N) is 1. The molecule has 0 aliphatic carbocycles. The summed E-state index contributed by atoms with van der Waals surface area (Å²) in [4.78, 5) is 6.48. The van der Waals surface area contributed by atoms with Gasteiger partial charge in [0.05, 0.1) is 24.4 Å². The number of hydrogen-bond acceptors (Lipinski definition) is 6. The molecule has 0 amide bonds. The number of ether oxygens (including phenoxy) is 1. The number of aliphatic hydroxyl groups excluding tert-OH is 1. The van der Waals surface area contributed by atoms with Gasteiger partial charge >= 0.3 is 0 Å². The standard InChI is InChI=1S/C13H20N4O3/c1-8-3-4-11(12(14)16-19)13(15-8)17-5-9(2)20-10(6-17)7-18/h3-4,9-10,18-19H,5-7H2,1-2H3,(H2,14,16). The Morgan fingerprint density at radius 1 is 1.55 bits per heavy atom. The highest BCUT2D eigenvalue weighted by molar-refractivity contribution is 6.01. The lowest BCUT2D eigenvalue weighted by atomic mass is 10.1. The summed E-state index contributed by atoms with van der Waals surface area (Å²) >= 11 is 0. The van der Waals surface area contributed by atoms with Crippen molar-refractivity contribution in [2.45, 2.75) is 26.1 Å². The third-order valence-electron chi connectivity index (χ3n) is 3.23. The minimum absolute atomic E-state index is 0.0205. The predicted molar refractivity (Wildman–Crippen MR) is 75.1 cm³/mol. The van der Waals surface area contributed by atoms with Crippen molar-refractivity contribution in [3.8, 4) is 0 Å². The second kappa shape index (κ2) is 6.06. The van der Waals surface area contributed by atoms with Crippen LogP contribution in [0.15, 0.2) is 17.3 Å². The van der Waals surface area contributed by atoms with Gasteiger partial charge in [0.2, 0.25) is 0 Å². The number of amidine groups is 1. The smallest absolute Gasteiger partial charge is 0.173 e. The van der Waals surface area contributed by atoms with Crippen molar-refractivity contribution < 1.29 is 15.1 Å². The molecule has 0 aromatic carbocycles. The van der Waals surface area contributed by atoms with Crippen molar-refractivity contribution in [1.82, 2.24) is 4.98 Å². The first-order valence-electron chi connectivity index (χ1n) is 6.52. The summed E-state index contributed by atoms with van der Waals surface area (Å²) < 4.78 is 5.61. The molecule has 0 bridgehead atoms. The maximum Gasteiger partial charge on any atom is 0.173 e. The van der Waals surface area contributed by atoms with Crippen LogP contribution in [0.25, 0.3) is 0 Å². The molecule has 1 fully saturated rings. The molecular weight excluding hydrogens is 260 g/mol. The normalized spacial score (nSPS) is 23.9. The Bertz CT molecular complexity index is 506. The number of nitrogens with zero attached hydrogens (tertiary/aromatic N) is 3. The monoisotopic (exact) mass is 280 g/mol. The fraction of sp³-hybridized carbons (Fsp3) is 0.538. The molecule has 0 radical (unpaired) electrons. The highest BCUT2D eigenvalue weighted by atomic mass is 16.5. The molecule has 1 aromatic heterocycles. The number of anilines is 1. The van der Waals surface area contributed by atoms with Gasteiger partial charge in [-0.3, -0.25) is 0 Å². The lowest BCUT2D eigenvalue weighted by Gasteiger charge is -2.37. The zero-order chi connectivity index (χ0) is 14.7. The van der Waals surface area contributed by atoms with Crippen LogP contribution in [0.1, 0.15) is 18.2 Å². The van der Waals surface area contributed by atoms with E-state index in [0.29, 0.717) is 24.5 Å². The third-order valence-corrected chi connectivity index (χ3v) is 3.23. The SMILES string of the molecule is Cc1ccc(/C(N)=N/O)c(N2CC(C)OC(CO)C2)n1. The van der Waals surface area contributed by atoms with Gasteiger partial charge in [0, 0.05) is 18.8 Å². The fourth-order valence-corrected chi connectivity index (χ4v) is 2.36. The minimum Gasteiger partial charge on any atom is -0.409 e. The van der Waals surface area contributed by atoms with Crippen LogP contribution in [0.4, 0.5) is 5.82 Å². The van der Waals surface area contributed by atoms with Gasteiger partial charge in [0.1, 0.15) is 5.82 Å². The fourth-order valence-electron chi connectivity index (χ4n) is 2.36. The van der Waals surface area contributed by atoms with Crippen molar-refractivity contribution in [2.75, 3.05) is 24.6 Å². The van der Waals surface area contributed by atoms with Crippen molar-refractivity contribution in [1.29, 1.82) is 0 Å². The average molecular weight is 280 g/mol. The second-order valence-electron chi connectivity index (χ2n) is 4.97. The minimum atomic E-state index is -0.263. The van der Waals surface area contributed by atoms with Crippen LogP contribution >= 0.6 is 0 Å². The van der Waals surface area contributed by atoms with Gasteiger partial charge in [-0.25, -0.2) is 4.98 Å². The van der Waals surface area contributed by atoms with Crippen LogP contribution in [0, 0.1) is 6.92 Å². The summed E-state index contributed by atoms with van der Waals surface area (Å²) in [5.74, 6) is 0.668. The molecule has 1 aliphatic heterocycles. The zero-order valence-corrected chi connectivity index (χ0v) is 11.7. The third kappa shape index (κ3) is 3.00. The molecule has 2 unspecified atom stereocenters. The Morgan fingerprint density at radius 2 is 2.30 bits per heavy atom. The van der Waals surface area contributed by atoms with E-state index in [-0.39, 0.29) is 24.7 Å². The quantitative estimate of drug-likeness (QED) is 0.313. The molecule has 110 valence electrons. The second-order valence-corrected chi connectivity index (χ2v) is 4.97. The van der Waals surface area contributed by atoms with Crippen molar-refractivity contribution in [3.05, 3.63) is 23.4 Å². The Balaban J connectivity index is 2.37. The molecule has 1 aliphatic rings. The number of morpholine rings is 1. The number of aromatic nitrogens is 1. The molecule has 0 saturated carbocycles. The van der Waals surface area contributed by atoms with Crippen LogP contribution in [0.3, 0.4) is 0 Å². The van der Waals surface area contributed by atoms with E-state index in [1.807, 2.05) is 24.8 Å². The number of rotatable bonds is 3. The van der Waals surface area contributed by atoms with E-state index in [4.69, 9.17) is 15.7 Å². The molecular formula is C13H20N4O3. The van der Waals surface area contributed by atoms with Crippen LogP contribution in [-0.2, 0) is 4.74 Å². The highest BCUT2D eigenvalue weighted by Crippen LogP contribution is 2.23. The largest absolute Gasteiger partial charge is 0.409 e. The van der Waals surface area contributed by atoms with Gasteiger partial charge in [0.25, 0.3) is 0 Å². The van der Waals surface area contributed by atoms with Crippen molar-refractivity contribution >= 4 is 11.7 Å². The summed E-state index contributed by atoms with van der Waals surface area (Å²) in [6, 6.07) is 3.59. The summed E-state index contributed by atoms with van der Waals surface area (Å²) in [6.07, 6.45) is -0.287. The summed E-state index contributed by atoms with van der Waals surface area (Å²) in [5.41, 5.74) is 7.12. The summed E-state index contributed by atoms with van der Waals surface area (Å²) in [6.45, 7) is 4.92. The van der Waals surface area contributed by atoms with Crippen molar-refractivity contribution in [3.63, 3.8) is 0 Å². The molecule has 2 atom stereocenters. The van der Waals surface area contributed by atoms with Gasteiger partial charge in [-0.15, -0.1) is 0 Å². The Morgan fingerprint density at radius 3 is 2.95 bits per heavy atom. The Kier molecular flexibility index (Phi) is 4.41. The predicted octanol–water partition coefficient (Wildman–Crippen LogP) is 0.0705. The van der Waals surface area contributed by atoms with Gasteiger partial charge in [0.15, 0.2) is 5.84 Å². The van der Waals surface area contributed by atoms with Gasteiger partial charge in [-0.05, 0) is 26.0 Å². The maximum atomic E-state index is 9.29. The van der Waals surface area contributed by atoms with E-state index in [1.165, 1.54) is 0 Å². The lowest BCUT2D eigenvalue weighted by molar-refractivity contribution is -0.0423. The number of aryl methyl sites for hydroxylation is 1. The van der Waals surface area contributed by atoms with Crippen LogP contribution in [-0.4, -0.2) is 53.0 Å². The van der Waals surface area contributed by atoms with E-state index >= 15 is 0 Å². The van der Waals surface area contributed by atoms with Gasteiger partial charge < -0.3 is 25.7 Å². The molecule has 1 aromatic rings. The number of aliphatic hydroxyl groups is 1. The van der Waals surface area contributed by atoms with E-state index in [2.05, 4.69) is 10.1 Å². The van der Waals surface area contributed by atoms with Crippen LogP contribution in [0.5, 0.6) is 0 Å². The Labute approximate surface area is 117 Å². The molecule has 2 heterocycles. The van der Waals surface area contributed by atoms with E-state index in [0.717, 1.165) is 5.69 Å².